The molecule has 0 aliphatic heterocycles. The summed E-state index contributed by atoms with van der Waals surface area (Å²) in [6, 6.07) is 7.80. The normalized spacial score (nSPS) is 16.1. The molecule has 1 aliphatic carbocycles. The van der Waals surface area contributed by atoms with Crippen molar-refractivity contribution in [2.75, 3.05) is 5.73 Å². The molecular weight excluding hydrogens is 258 g/mol. The molecule has 4 heteroatoms. The lowest BCUT2D eigenvalue weighted by Crippen LogP contribution is -2.01. The average Bonchev–Trinajstić information content (AvgIpc) is 3.02. The number of rotatable bonds is 3. The van der Waals surface area contributed by atoms with Gasteiger partial charge in [0.05, 0.1) is 0 Å². The molecule has 3 N–H and O–H groups in total. The van der Waals surface area contributed by atoms with Crippen LogP contribution < -0.4 is 5.73 Å². The largest absolute Gasteiger partial charge is 0.382 e. The Labute approximate surface area is 118 Å². The van der Waals surface area contributed by atoms with Crippen molar-refractivity contribution in [2.45, 2.75) is 32.1 Å². The van der Waals surface area contributed by atoms with E-state index in [0.29, 0.717) is 5.82 Å². The van der Waals surface area contributed by atoms with E-state index >= 15 is 0 Å². The van der Waals surface area contributed by atoms with Crippen molar-refractivity contribution in [3.8, 4) is 11.1 Å². The molecule has 100 valence electrons. The van der Waals surface area contributed by atoms with E-state index in [4.69, 9.17) is 17.3 Å². The van der Waals surface area contributed by atoms with Crippen LogP contribution in [0.4, 0.5) is 5.82 Å². The van der Waals surface area contributed by atoms with Gasteiger partial charge in [0.15, 0.2) is 5.82 Å². The molecule has 0 unspecified atom stereocenters. The fourth-order valence-corrected chi connectivity index (χ4v) is 3.24. The van der Waals surface area contributed by atoms with Gasteiger partial charge in [-0.2, -0.15) is 5.10 Å². The minimum atomic E-state index is 0.543. The standard InChI is InChI=1S/C15H18ClN3/c16-12-8-4-3-7-11(12)14-13(18-19-15(14)17)9-10-5-1-2-6-10/h3-4,7-8,10H,1-2,5-6,9H2,(H3,17,18,19). The summed E-state index contributed by atoms with van der Waals surface area (Å²) in [7, 11) is 0. The predicted octanol–water partition coefficient (Wildman–Crippen LogP) is 4.05. The van der Waals surface area contributed by atoms with Crippen LogP contribution in [0.2, 0.25) is 5.02 Å². The highest BCUT2D eigenvalue weighted by Crippen LogP contribution is 2.36. The fraction of sp³-hybridized carbons (Fsp3) is 0.400. The Kier molecular flexibility index (Phi) is 3.47. The van der Waals surface area contributed by atoms with Gasteiger partial charge in [0, 0.05) is 21.8 Å². The number of aromatic amines is 1. The Morgan fingerprint density at radius 2 is 2.00 bits per heavy atom. The number of nitrogen functional groups attached to an aromatic ring is 1. The van der Waals surface area contributed by atoms with E-state index in [1.807, 2.05) is 24.3 Å². The van der Waals surface area contributed by atoms with Crippen LogP contribution in [0.1, 0.15) is 31.4 Å². The minimum Gasteiger partial charge on any atom is -0.382 e. The molecule has 2 aromatic rings. The molecule has 0 bridgehead atoms. The second kappa shape index (κ2) is 5.25. The number of nitrogens with one attached hydrogen (secondary N) is 1. The SMILES string of the molecule is Nc1n[nH]c(CC2CCCC2)c1-c1ccccc1Cl. The molecule has 19 heavy (non-hydrogen) atoms. The lowest BCUT2D eigenvalue weighted by atomic mass is 9.96. The molecule has 1 aromatic heterocycles. The summed E-state index contributed by atoms with van der Waals surface area (Å²) in [6.07, 6.45) is 6.32. The summed E-state index contributed by atoms with van der Waals surface area (Å²) >= 11 is 6.28. The molecule has 1 aromatic carbocycles. The van der Waals surface area contributed by atoms with Gasteiger partial charge in [-0.3, -0.25) is 5.10 Å². The van der Waals surface area contributed by atoms with Crippen LogP contribution in [-0.2, 0) is 6.42 Å². The van der Waals surface area contributed by atoms with E-state index in [0.717, 1.165) is 34.2 Å². The van der Waals surface area contributed by atoms with Crippen molar-refractivity contribution < 1.29 is 0 Å². The zero-order chi connectivity index (χ0) is 13.2. The molecule has 3 nitrogen and oxygen atoms in total. The van der Waals surface area contributed by atoms with Gasteiger partial charge in [0.2, 0.25) is 0 Å². The summed E-state index contributed by atoms with van der Waals surface area (Å²) in [6.45, 7) is 0. The number of aromatic nitrogens is 2. The summed E-state index contributed by atoms with van der Waals surface area (Å²) < 4.78 is 0. The van der Waals surface area contributed by atoms with Gasteiger partial charge in [0.1, 0.15) is 0 Å². The van der Waals surface area contributed by atoms with Gasteiger partial charge in [-0.15, -0.1) is 0 Å². The zero-order valence-corrected chi connectivity index (χ0v) is 11.6. The molecule has 1 saturated carbocycles. The van der Waals surface area contributed by atoms with Crippen molar-refractivity contribution in [1.82, 2.24) is 10.2 Å². The number of nitrogens with two attached hydrogens (primary N) is 1. The molecule has 0 saturated heterocycles. The quantitative estimate of drug-likeness (QED) is 0.888. The first-order valence-electron chi connectivity index (χ1n) is 6.83. The number of halogens is 1. The van der Waals surface area contributed by atoms with Crippen LogP contribution in [0, 0.1) is 5.92 Å². The van der Waals surface area contributed by atoms with E-state index in [-0.39, 0.29) is 0 Å². The third-order valence-electron chi connectivity index (χ3n) is 3.98. The van der Waals surface area contributed by atoms with Crippen LogP contribution in [0.5, 0.6) is 0 Å². The third kappa shape index (κ3) is 2.47. The fourth-order valence-electron chi connectivity index (χ4n) is 3.01. The maximum Gasteiger partial charge on any atom is 0.153 e. The molecule has 0 spiro atoms. The van der Waals surface area contributed by atoms with Gasteiger partial charge in [-0.05, 0) is 18.4 Å². The lowest BCUT2D eigenvalue weighted by molar-refractivity contribution is 0.539. The molecule has 0 radical (unpaired) electrons. The Balaban J connectivity index is 1.96. The third-order valence-corrected chi connectivity index (χ3v) is 4.31. The first-order chi connectivity index (χ1) is 9.25. The highest BCUT2D eigenvalue weighted by atomic mass is 35.5. The monoisotopic (exact) mass is 275 g/mol. The van der Waals surface area contributed by atoms with Crippen LogP contribution >= 0.6 is 11.6 Å². The van der Waals surface area contributed by atoms with E-state index < -0.39 is 0 Å². The van der Waals surface area contributed by atoms with E-state index in [1.54, 1.807) is 0 Å². The van der Waals surface area contributed by atoms with Gasteiger partial charge < -0.3 is 5.73 Å². The van der Waals surface area contributed by atoms with E-state index in [1.165, 1.54) is 25.7 Å². The maximum atomic E-state index is 6.28. The minimum absolute atomic E-state index is 0.543. The molecule has 0 atom stereocenters. The maximum absolute atomic E-state index is 6.28. The van der Waals surface area contributed by atoms with Crippen molar-refractivity contribution in [3.05, 3.63) is 35.0 Å². The summed E-state index contributed by atoms with van der Waals surface area (Å²) in [5.41, 5.74) is 9.10. The van der Waals surface area contributed by atoms with Gasteiger partial charge >= 0.3 is 0 Å². The topological polar surface area (TPSA) is 54.7 Å². The molecule has 1 fully saturated rings. The van der Waals surface area contributed by atoms with Crippen LogP contribution in [0.25, 0.3) is 11.1 Å². The number of H-pyrrole nitrogens is 1. The smallest absolute Gasteiger partial charge is 0.153 e. The second-order valence-electron chi connectivity index (χ2n) is 5.30. The number of hydrogen-bond acceptors (Lipinski definition) is 2. The van der Waals surface area contributed by atoms with Gasteiger partial charge in [-0.1, -0.05) is 55.5 Å². The Bertz CT molecular complexity index is 571. The van der Waals surface area contributed by atoms with Crippen LogP contribution in [-0.4, -0.2) is 10.2 Å². The molecule has 1 heterocycles. The summed E-state index contributed by atoms with van der Waals surface area (Å²) in [5.74, 6) is 1.29. The lowest BCUT2D eigenvalue weighted by Gasteiger charge is -2.10. The number of nitrogens with zero attached hydrogens (tertiary/aromatic N) is 1. The second-order valence-corrected chi connectivity index (χ2v) is 5.70. The average molecular weight is 276 g/mol. The predicted molar refractivity (Wildman–Crippen MR) is 79.1 cm³/mol. The number of benzene rings is 1. The molecule has 0 amide bonds. The van der Waals surface area contributed by atoms with E-state index in [9.17, 15) is 0 Å². The summed E-state index contributed by atoms with van der Waals surface area (Å²) in [5, 5.41) is 7.99. The highest BCUT2D eigenvalue weighted by molar-refractivity contribution is 6.33. The Morgan fingerprint density at radius 3 is 2.74 bits per heavy atom. The Hall–Kier alpha value is -1.48. The molecular formula is C15H18ClN3. The first-order valence-corrected chi connectivity index (χ1v) is 7.21. The van der Waals surface area contributed by atoms with Crippen molar-refractivity contribution >= 4 is 17.4 Å². The number of hydrogen-bond donors (Lipinski definition) is 2. The van der Waals surface area contributed by atoms with Gasteiger partial charge in [-0.25, -0.2) is 0 Å². The van der Waals surface area contributed by atoms with Crippen LogP contribution in [0.15, 0.2) is 24.3 Å². The zero-order valence-electron chi connectivity index (χ0n) is 10.8. The number of anilines is 1. The van der Waals surface area contributed by atoms with Crippen molar-refractivity contribution in [2.24, 2.45) is 5.92 Å². The van der Waals surface area contributed by atoms with Crippen molar-refractivity contribution in [1.29, 1.82) is 0 Å². The molecule has 3 rings (SSSR count). The first kappa shape index (κ1) is 12.5. The van der Waals surface area contributed by atoms with E-state index in [2.05, 4.69) is 10.2 Å². The highest BCUT2D eigenvalue weighted by Gasteiger charge is 2.21. The Morgan fingerprint density at radius 1 is 1.26 bits per heavy atom. The van der Waals surface area contributed by atoms with Crippen LogP contribution in [0.3, 0.4) is 0 Å². The molecule has 1 aliphatic rings. The van der Waals surface area contributed by atoms with Crippen molar-refractivity contribution in [3.63, 3.8) is 0 Å². The summed E-state index contributed by atoms with van der Waals surface area (Å²) in [4.78, 5) is 0. The van der Waals surface area contributed by atoms with Gasteiger partial charge in [0.25, 0.3) is 0 Å².